The van der Waals surface area contributed by atoms with Gasteiger partial charge >= 0.3 is 0 Å². The van der Waals surface area contributed by atoms with E-state index in [1.807, 2.05) is 65.5 Å². The van der Waals surface area contributed by atoms with E-state index < -0.39 is 0 Å². The van der Waals surface area contributed by atoms with Crippen LogP contribution in [0.3, 0.4) is 0 Å². The summed E-state index contributed by atoms with van der Waals surface area (Å²) in [7, 11) is 0. The average molecular weight is 264 g/mol. The molecule has 0 amide bonds. The lowest BCUT2D eigenvalue weighted by Crippen LogP contribution is -2.06. The highest BCUT2D eigenvalue weighted by Crippen LogP contribution is 2.20. The van der Waals surface area contributed by atoms with Crippen molar-refractivity contribution >= 4 is 11.4 Å². The Morgan fingerprint density at radius 3 is 2.60 bits per heavy atom. The van der Waals surface area contributed by atoms with Gasteiger partial charge in [0.1, 0.15) is 0 Å². The van der Waals surface area contributed by atoms with E-state index in [1.54, 1.807) is 6.20 Å². The number of aromatic nitrogens is 2. The molecule has 0 fully saturated rings. The minimum absolute atomic E-state index is 0.685. The standard InChI is InChI=1S/C16H16N4/c17-14-7-2-1-6-13(14)12-18-15-8-3-4-9-16(15)20-11-5-10-19-20/h1-11,18H,12,17H2. The van der Waals surface area contributed by atoms with Gasteiger partial charge in [0.2, 0.25) is 0 Å². The van der Waals surface area contributed by atoms with Crippen molar-refractivity contribution in [2.24, 2.45) is 0 Å². The van der Waals surface area contributed by atoms with Crippen molar-refractivity contribution in [2.45, 2.75) is 6.54 Å². The van der Waals surface area contributed by atoms with E-state index in [9.17, 15) is 0 Å². The fourth-order valence-corrected chi connectivity index (χ4v) is 2.12. The lowest BCUT2D eigenvalue weighted by molar-refractivity contribution is 0.879. The number of para-hydroxylation sites is 3. The molecule has 0 unspecified atom stereocenters. The zero-order valence-electron chi connectivity index (χ0n) is 11.0. The molecule has 0 atom stereocenters. The predicted octanol–water partition coefficient (Wildman–Crippen LogP) is 3.07. The Balaban J connectivity index is 1.84. The molecule has 0 spiro atoms. The van der Waals surface area contributed by atoms with E-state index in [1.165, 1.54) is 0 Å². The van der Waals surface area contributed by atoms with Gasteiger partial charge in [-0.05, 0) is 29.8 Å². The summed E-state index contributed by atoms with van der Waals surface area (Å²) in [4.78, 5) is 0. The largest absolute Gasteiger partial charge is 0.398 e. The lowest BCUT2D eigenvalue weighted by Gasteiger charge is -2.13. The molecule has 4 heteroatoms. The maximum atomic E-state index is 5.96. The first-order chi connectivity index (χ1) is 9.84. The van der Waals surface area contributed by atoms with Crippen LogP contribution in [-0.2, 0) is 6.54 Å². The molecule has 4 nitrogen and oxygen atoms in total. The minimum atomic E-state index is 0.685. The molecule has 0 bridgehead atoms. The van der Waals surface area contributed by atoms with Crippen LogP contribution in [0, 0.1) is 0 Å². The van der Waals surface area contributed by atoms with Crippen molar-refractivity contribution in [1.29, 1.82) is 0 Å². The molecule has 0 saturated carbocycles. The van der Waals surface area contributed by atoms with Crippen LogP contribution in [0.15, 0.2) is 67.0 Å². The van der Waals surface area contributed by atoms with Gasteiger partial charge in [-0.1, -0.05) is 30.3 Å². The summed E-state index contributed by atoms with van der Waals surface area (Å²) in [6.07, 6.45) is 3.70. The van der Waals surface area contributed by atoms with Gasteiger partial charge in [-0.25, -0.2) is 4.68 Å². The van der Waals surface area contributed by atoms with Gasteiger partial charge in [0, 0.05) is 24.6 Å². The average Bonchev–Trinajstić information content (AvgIpc) is 3.01. The molecule has 1 aromatic heterocycles. The van der Waals surface area contributed by atoms with Crippen molar-refractivity contribution in [2.75, 3.05) is 11.1 Å². The summed E-state index contributed by atoms with van der Waals surface area (Å²) in [5, 5.41) is 7.69. The molecule has 3 N–H and O–H groups in total. The predicted molar refractivity (Wildman–Crippen MR) is 81.7 cm³/mol. The van der Waals surface area contributed by atoms with Gasteiger partial charge in [0.25, 0.3) is 0 Å². The highest BCUT2D eigenvalue weighted by atomic mass is 15.3. The van der Waals surface area contributed by atoms with Crippen LogP contribution in [0.5, 0.6) is 0 Å². The Morgan fingerprint density at radius 1 is 1.00 bits per heavy atom. The van der Waals surface area contributed by atoms with Gasteiger partial charge in [0.05, 0.1) is 11.4 Å². The SMILES string of the molecule is Nc1ccccc1CNc1ccccc1-n1cccn1. The number of hydrogen-bond acceptors (Lipinski definition) is 3. The van der Waals surface area contributed by atoms with E-state index in [-0.39, 0.29) is 0 Å². The number of benzene rings is 2. The van der Waals surface area contributed by atoms with Crippen molar-refractivity contribution in [3.8, 4) is 5.69 Å². The number of anilines is 2. The minimum Gasteiger partial charge on any atom is -0.398 e. The zero-order valence-corrected chi connectivity index (χ0v) is 11.0. The van der Waals surface area contributed by atoms with E-state index in [0.29, 0.717) is 6.54 Å². The van der Waals surface area contributed by atoms with Crippen LogP contribution in [0.25, 0.3) is 5.69 Å². The molecule has 0 aliphatic heterocycles. The quantitative estimate of drug-likeness (QED) is 0.712. The Hall–Kier alpha value is -2.75. The summed E-state index contributed by atoms with van der Waals surface area (Å²) in [5.74, 6) is 0. The van der Waals surface area contributed by atoms with Crippen molar-refractivity contribution in [1.82, 2.24) is 9.78 Å². The van der Waals surface area contributed by atoms with Crippen LogP contribution >= 0.6 is 0 Å². The first-order valence-corrected chi connectivity index (χ1v) is 6.51. The molecular formula is C16H16N4. The van der Waals surface area contributed by atoms with E-state index >= 15 is 0 Å². The first kappa shape index (κ1) is 12.3. The van der Waals surface area contributed by atoms with Crippen LogP contribution in [0.2, 0.25) is 0 Å². The number of hydrogen-bond donors (Lipinski definition) is 2. The molecule has 2 aromatic carbocycles. The maximum Gasteiger partial charge on any atom is 0.0876 e. The van der Waals surface area contributed by atoms with Crippen LogP contribution < -0.4 is 11.1 Å². The summed E-state index contributed by atoms with van der Waals surface area (Å²) >= 11 is 0. The summed E-state index contributed by atoms with van der Waals surface area (Å²) < 4.78 is 1.84. The molecule has 1 heterocycles. The van der Waals surface area contributed by atoms with Gasteiger partial charge in [0.15, 0.2) is 0 Å². The Morgan fingerprint density at radius 2 is 1.80 bits per heavy atom. The van der Waals surface area contributed by atoms with Crippen molar-refractivity contribution in [3.63, 3.8) is 0 Å². The molecule has 3 aromatic rings. The normalized spacial score (nSPS) is 10.4. The zero-order chi connectivity index (χ0) is 13.8. The van der Waals surface area contributed by atoms with Crippen LogP contribution in [0.4, 0.5) is 11.4 Å². The third kappa shape index (κ3) is 2.49. The number of nitrogens with one attached hydrogen (secondary N) is 1. The Labute approximate surface area is 117 Å². The van der Waals surface area contributed by atoms with E-state index in [0.717, 1.165) is 22.6 Å². The summed E-state index contributed by atoms with van der Waals surface area (Å²) in [5.41, 5.74) is 9.90. The Bertz CT molecular complexity index is 689. The summed E-state index contributed by atoms with van der Waals surface area (Å²) in [6.45, 7) is 0.685. The third-order valence-corrected chi connectivity index (χ3v) is 3.18. The fraction of sp³-hybridized carbons (Fsp3) is 0.0625. The van der Waals surface area contributed by atoms with Gasteiger partial charge in [-0.2, -0.15) is 5.10 Å². The topological polar surface area (TPSA) is 55.9 Å². The van der Waals surface area contributed by atoms with E-state index in [2.05, 4.69) is 10.4 Å². The molecule has 3 rings (SSSR count). The molecule has 100 valence electrons. The molecular weight excluding hydrogens is 248 g/mol. The first-order valence-electron chi connectivity index (χ1n) is 6.51. The number of nitrogens with zero attached hydrogens (tertiary/aromatic N) is 2. The number of nitrogens with two attached hydrogens (primary N) is 1. The van der Waals surface area contributed by atoms with Crippen molar-refractivity contribution in [3.05, 3.63) is 72.6 Å². The summed E-state index contributed by atoms with van der Waals surface area (Å²) in [6, 6.07) is 17.9. The third-order valence-electron chi connectivity index (χ3n) is 3.18. The molecule has 0 saturated heterocycles. The molecule has 0 radical (unpaired) electrons. The second-order valence-corrected chi connectivity index (χ2v) is 4.52. The van der Waals surface area contributed by atoms with Gasteiger partial charge in [-0.15, -0.1) is 0 Å². The molecule has 20 heavy (non-hydrogen) atoms. The highest BCUT2D eigenvalue weighted by Gasteiger charge is 2.04. The fourth-order valence-electron chi connectivity index (χ4n) is 2.12. The second kappa shape index (κ2) is 5.48. The van der Waals surface area contributed by atoms with E-state index in [4.69, 9.17) is 5.73 Å². The monoisotopic (exact) mass is 264 g/mol. The number of rotatable bonds is 4. The van der Waals surface area contributed by atoms with Crippen LogP contribution in [0.1, 0.15) is 5.56 Å². The van der Waals surface area contributed by atoms with Crippen molar-refractivity contribution < 1.29 is 0 Å². The smallest absolute Gasteiger partial charge is 0.0876 e. The Kier molecular flexibility index (Phi) is 3.37. The number of nitrogen functional groups attached to an aromatic ring is 1. The van der Waals surface area contributed by atoms with Crippen LogP contribution in [-0.4, -0.2) is 9.78 Å². The van der Waals surface area contributed by atoms with Gasteiger partial charge in [-0.3, -0.25) is 0 Å². The highest BCUT2D eigenvalue weighted by molar-refractivity contribution is 5.61. The molecule has 0 aliphatic carbocycles. The lowest BCUT2D eigenvalue weighted by atomic mass is 10.1. The molecule has 0 aliphatic rings. The maximum absolute atomic E-state index is 5.96. The van der Waals surface area contributed by atoms with Gasteiger partial charge < -0.3 is 11.1 Å². The second-order valence-electron chi connectivity index (χ2n) is 4.52.